The van der Waals surface area contributed by atoms with Crippen LogP contribution in [0.1, 0.15) is 17.5 Å². The molecule has 0 unspecified atom stereocenters. The molecule has 0 aliphatic carbocycles. The van der Waals surface area contributed by atoms with Crippen molar-refractivity contribution in [2.75, 3.05) is 38.5 Å². The summed E-state index contributed by atoms with van der Waals surface area (Å²) in [5.41, 5.74) is 3.99. The summed E-state index contributed by atoms with van der Waals surface area (Å²) in [4.78, 5) is 12.2. The molecule has 0 fully saturated rings. The van der Waals surface area contributed by atoms with Crippen LogP contribution in [0.15, 0.2) is 30.3 Å². The van der Waals surface area contributed by atoms with Crippen LogP contribution < -0.4 is 24.8 Å². The second kappa shape index (κ2) is 8.99. The van der Waals surface area contributed by atoms with E-state index in [1.54, 1.807) is 12.1 Å². The lowest BCUT2D eigenvalue weighted by Crippen LogP contribution is -2.16. The van der Waals surface area contributed by atoms with Crippen molar-refractivity contribution in [1.29, 1.82) is 0 Å². The Morgan fingerprint density at radius 3 is 1.92 bits per heavy atom. The van der Waals surface area contributed by atoms with E-state index in [9.17, 15) is 4.79 Å². The molecule has 0 saturated carbocycles. The summed E-state index contributed by atoms with van der Waals surface area (Å²) < 4.78 is 15.9. The minimum Gasteiger partial charge on any atom is -0.493 e. The maximum Gasteiger partial charge on any atom is 0.226 e. The van der Waals surface area contributed by atoms with Gasteiger partial charge in [0, 0.05) is 36.5 Å². The highest BCUT2D eigenvalue weighted by molar-refractivity contribution is 5.91. The van der Waals surface area contributed by atoms with Gasteiger partial charge in [-0.15, -0.1) is 0 Å². The van der Waals surface area contributed by atoms with Crippen LogP contribution in [0.2, 0.25) is 0 Å². The zero-order chi connectivity index (χ0) is 19.1. The van der Waals surface area contributed by atoms with E-state index in [0.29, 0.717) is 35.9 Å². The standard InChI is InChI=1S/C20H26N2O4/c1-13-8-14(2)10-15(9-13)21-7-6-19(23)22-16-11-17(24-3)20(26-5)18(12-16)25-4/h8-12,21H,6-7H2,1-5H3,(H,22,23). The van der Waals surface area contributed by atoms with Gasteiger partial charge in [-0.3, -0.25) is 4.79 Å². The first kappa shape index (κ1) is 19.4. The lowest BCUT2D eigenvalue weighted by atomic mass is 10.1. The van der Waals surface area contributed by atoms with Gasteiger partial charge < -0.3 is 24.8 Å². The second-order valence-corrected chi connectivity index (χ2v) is 6.02. The first-order valence-corrected chi connectivity index (χ1v) is 8.39. The third-order valence-electron chi connectivity index (χ3n) is 3.85. The second-order valence-electron chi connectivity index (χ2n) is 6.02. The maximum absolute atomic E-state index is 12.2. The number of nitrogens with one attached hydrogen (secondary N) is 2. The molecule has 0 atom stereocenters. The van der Waals surface area contributed by atoms with Crippen molar-refractivity contribution in [3.8, 4) is 17.2 Å². The Morgan fingerprint density at radius 1 is 0.846 bits per heavy atom. The number of carbonyl (C=O) groups excluding carboxylic acids is 1. The molecule has 26 heavy (non-hydrogen) atoms. The van der Waals surface area contributed by atoms with Crippen molar-refractivity contribution in [3.05, 3.63) is 41.5 Å². The highest BCUT2D eigenvalue weighted by atomic mass is 16.5. The minimum atomic E-state index is -0.101. The molecule has 2 aromatic carbocycles. The topological polar surface area (TPSA) is 68.8 Å². The molecule has 0 spiro atoms. The van der Waals surface area contributed by atoms with Gasteiger partial charge in [0.1, 0.15) is 0 Å². The number of ether oxygens (including phenoxy) is 3. The largest absolute Gasteiger partial charge is 0.493 e. The van der Waals surface area contributed by atoms with E-state index in [4.69, 9.17) is 14.2 Å². The molecule has 0 saturated heterocycles. The fraction of sp³-hybridized carbons (Fsp3) is 0.350. The number of benzene rings is 2. The van der Waals surface area contributed by atoms with Crippen molar-refractivity contribution in [3.63, 3.8) is 0 Å². The number of methoxy groups -OCH3 is 3. The molecule has 0 heterocycles. The van der Waals surface area contributed by atoms with Crippen LogP contribution in [0.3, 0.4) is 0 Å². The molecule has 2 rings (SSSR count). The molecule has 0 aromatic heterocycles. The van der Waals surface area contributed by atoms with Gasteiger partial charge in [0.05, 0.1) is 21.3 Å². The van der Waals surface area contributed by atoms with Crippen LogP contribution in [0.5, 0.6) is 17.2 Å². The van der Waals surface area contributed by atoms with Crippen LogP contribution in [0.4, 0.5) is 11.4 Å². The number of anilines is 2. The van der Waals surface area contributed by atoms with Gasteiger partial charge in [-0.05, 0) is 37.1 Å². The zero-order valence-electron chi connectivity index (χ0n) is 15.9. The third-order valence-corrected chi connectivity index (χ3v) is 3.85. The first-order chi connectivity index (χ1) is 12.5. The molecule has 0 radical (unpaired) electrons. The van der Waals surface area contributed by atoms with E-state index in [1.807, 2.05) is 0 Å². The van der Waals surface area contributed by atoms with Gasteiger partial charge in [0.2, 0.25) is 11.7 Å². The Hall–Kier alpha value is -2.89. The van der Waals surface area contributed by atoms with E-state index in [0.717, 1.165) is 5.69 Å². The number of carbonyl (C=O) groups is 1. The number of aryl methyl sites for hydroxylation is 2. The van der Waals surface area contributed by atoms with Gasteiger partial charge >= 0.3 is 0 Å². The number of hydrogen-bond acceptors (Lipinski definition) is 5. The molecular formula is C20H26N2O4. The molecule has 1 amide bonds. The minimum absolute atomic E-state index is 0.101. The van der Waals surface area contributed by atoms with E-state index in [1.165, 1.54) is 32.5 Å². The fourth-order valence-corrected chi connectivity index (χ4v) is 2.77. The smallest absolute Gasteiger partial charge is 0.226 e. The molecule has 0 bridgehead atoms. The Bertz CT molecular complexity index is 729. The zero-order valence-corrected chi connectivity index (χ0v) is 15.9. The summed E-state index contributed by atoms with van der Waals surface area (Å²) in [5, 5.41) is 6.13. The number of amides is 1. The molecule has 6 nitrogen and oxygen atoms in total. The molecular weight excluding hydrogens is 332 g/mol. The summed E-state index contributed by atoms with van der Waals surface area (Å²) >= 11 is 0. The van der Waals surface area contributed by atoms with Crippen LogP contribution in [0, 0.1) is 13.8 Å². The van der Waals surface area contributed by atoms with Crippen LogP contribution >= 0.6 is 0 Å². The quantitative estimate of drug-likeness (QED) is 0.752. The monoisotopic (exact) mass is 358 g/mol. The summed E-state index contributed by atoms with van der Waals surface area (Å²) in [5.74, 6) is 1.38. The summed E-state index contributed by atoms with van der Waals surface area (Å²) in [6.45, 7) is 4.64. The molecule has 6 heteroatoms. The van der Waals surface area contributed by atoms with Gasteiger partial charge in [-0.25, -0.2) is 0 Å². The van der Waals surface area contributed by atoms with Crippen molar-refractivity contribution in [1.82, 2.24) is 0 Å². The van der Waals surface area contributed by atoms with E-state index in [2.05, 4.69) is 42.7 Å². The van der Waals surface area contributed by atoms with Crippen molar-refractivity contribution in [2.24, 2.45) is 0 Å². The lowest BCUT2D eigenvalue weighted by molar-refractivity contribution is -0.115. The SMILES string of the molecule is COc1cc(NC(=O)CCNc2cc(C)cc(C)c2)cc(OC)c1OC. The van der Waals surface area contributed by atoms with E-state index >= 15 is 0 Å². The molecule has 2 aromatic rings. The van der Waals surface area contributed by atoms with Crippen LogP contribution in [0.25, 0.3) is 0 Å². The van der Waals surface area contributed by atoms with Crippen molar-refractivity contribution >= 4 is 17.3 Å². The van der Waals surface area contributed by atoms with Crippen molar-refractivity contribution in [2.45, 2.75) is 20.3 Å². The molecule has 0 aliphatic heterocycles. The maximum atomic E-state index is 12.2. The number of rotatable bonds is 8. The highest BCUT2D eigenvalue weighted by Crippen LogP contribution is 2.39. The average Bonchev–Trinajstić information content (AvgIpc) is 2.59. The van der Waals surface area contributed by atoms with Gasteiger partial charge in [0.25, 0.3) is 0 Å². The van der Waals surface area contributed by atoms with E-state index < -0.39 is 0 Å². The van der Waals surface area contributed by atoms with Crippen LogP contribution in [-0.4, -0.2) is 33.8 Å². The Morgan fingerprint density at radius 2 is 1.42 bits per heavy atom. The van der Waals surface area contributed by atoms with Gasteiger partial charge in [0.15, 0.2) is 11.5 Å². The van der Waals surface area contributed by atoms with Crippen LogP contribution in [-0.2, 0) is 4.79 Å². The Labute approximate surface area is 154 Å². The Kier molecular flexibility index (Phi) is 6.72. The predicted octanol–water partition coefficient (Wildman–Crippen LogP) is 3.77. The highest BCUT2D eigenvalue weighted by Gasteiger charge is 2.14. The molecule has 0 aliphatic rings. The lowest BCUT2D eigenvalue weighted by Gasteiger charge is -2.15. The summed E-state index contributed by atoms with van der Waals surface area (Å²) in [7, 11) is 4.62. The summed E-state index contributed by atoms with van der Waals surface area (Å²) in [6, 6.07) is 9.64. The van der Waals surface area contributed by atoms with Gasteiger partial charge in [-0.2, -0.15) is 0 Å². The molecule has 140 valence electrons. The summed E-state index contributed by atoms with van der Waals surface area (Å²) in [6.07, 6.45) is 0.337. The van der Waals surface area contributed by atoms with Crippen molar-refractivity contribution < 1.29 is 19.0 Å². The fourth-order valence-electron chi connectivity index (χ4n) is 2.77. The molecule has 2 N–H and O–H groups in total. The number of hydrogen-bond donors (Lipinski definition) is 2. The normalized spacial score (nSPS) is 10.2. The van der Waals surface area contributed by atoms with E-state index in [-0.39, 0.29) is 5.91 Å². The third kappa shape index (κ3) is 5.05. The first-order valence-electron chi connectivity index (χ1n) is 8.39. The predicted molar refractivity (Wildman–Crippen MR) is 104 cm³/mol. The Balaban J connectivity index is 1.97. The average molecular weight is 358 g/mol. The van der Waals surface area contributed by atoms with Gasteiger partial charge in [-0.1, -0.05) is 6.07 Å².